The van der Waals surface area contributed by atoms with Gasteiger partial charge in [0.05, 0.1) is 31.1 Å². The quantitative estimate of drug-likeness (QED) is 0.470. The molecule has 202 valence electrons. The molecule has 1 unspecified atom stereocenters. The van der Waals surface area contributed by atoms with E-state index in [9.17, 15) is 9.59 Å². The molecule has 2 N–H and O–H groups in total. The van der Waals surface area contributed by atoms with Crippen LogP contribution in [0.1, 0.15) is 43.0 Å². The summed E-state index contributed by atoms with van der Waals surface area (Å²) in [6.45, 7) is 6.36. The van der Waals surface area contributed by atoms with Gasteiger partial charge in [0.1, 0.15) is 18.1 Å². The van der Waals surface area contributed by atoms with Gasteiger partial charge in [-0.15, -0.1) is 0 Å². The van der Waals surface area contributed by atoms with Crippen LogP contribution in [-0.4, -0.2) is 71.3 Å². The molecule has 10 heteroatoms. The molecule has 0 saturated carbocycles. The van der Waals surface area contributed by atoms with Crippen LogP contribution in [0.5, 0.6) is 0 Å². The fraction of sp³-hybridized carbons (Fsp3) is 0.379. The Kier molecular flexibility index (Phi) is 7.02. The first kappa shape index (κ1) is 25.1. The van der Waals surface area contributed by atoms with E-state index < -0.39 is 6.04 Å². The summed E-state index contributed by atoms with van der Waals surface area (Å²) < 4.78 is 7.47. The monoisotopic (exact) mass is 527 g/mol. The van der Waals surface area contributed by atoms with E-state index in [1.165, 1.54) is 0 Å². The van der Waals surface area contributed by atoms with E-state index in [1.54, 1.807) is 13.1 Å². The molecule has 0 aliphatic carbocycles. The molecule has 3 aliphatic rings. The lowest BCUT2D eigenvalue weighted by atomic mass is 9.97. The molecule has 0 spiro atoms. The van der Waals surface area contributed by atoms with Crippen molar-refractivity contribution in [3.63, 3.8) is 0 Å². The van der Waals surface area contributed by atoms with Gasteiger partial charge in [0.15, 0.2) is 0 Å². The Morgan fingerprint density at radius 3 is 2.62 bits per heavy atom. The Balaban J connectivity index is 1.27. The van der Waals surface area contributed by atoms with Crippen LogP contribution in [0.15, 0.2) is 48.9 Å². The summed E-state index contributed by atoms with van der Waals surface area (Å²) in [6.07, 6.45) is 10.3. The Bertz CT molecular complexity index is 1370. The number of fused-ring (bicyclic) bond motifs is 1. The van der Waals surface area contributed by atoms with Crippen LogP contribution in [0, 0.1) is 0 Å². The van der Waals surface area contributed by atoms with E-state index in [2.05, 4.69) is 32.8 Å². The third-order valence-electron chi connectivity index (χ3n) is 7.76. The number of benzene rings is 1. The van der Waals surface area contributed by atoms with Gasteiger partial charge in [0.25, 0.3) is 0 Å². The minimum Gasteiger partial charge on any atom is -0.378 e. The highest BCUT2D eigenvalue weighted by Crippen LogP contribution is 2.35. The molecule has 1 atom stereocenters. The first-order valence-corrected chi connectivity index (χ1v) is 13.5. The number of aromatic nitrogens is 3. The molecule has 2 aromatic heterocycles. The summed E-state index contributed by atoms with van der Waals surface area (Å²) in [7, 11) is 0. The number of rotatable bonds is 6. The number of piperidine rings is 1. The summed E-state index contributed by atoms with van der Waals surface area (Å²) in [5.41, 5.74) is 5.50. The van der Waals surface area contributed by atoms with Gasteiger partial charge >= 0.3 is 0 Å². The van der Waals surface area contributed by atoms with Gasteiger partial charge in [0, 0.05) is 61.8 Å². The third kappa shape index (κ3) is 5.24. The molecular weight excluding hydrogens is 494 g/mol. The minimum atomic E-state index is -0.490. The lowest BCUT2D eigenvalue weighted by Crippen LogP contribution is -2.37. The highest BCUT2D eigenvalue weighted by molar-refractivity contribution is 5.80. The van der Waals surface area contributed by atoms with Crippen molar-refractivity contribution >= 4 is 35.5 Å². The second-order valence-corrected chi connectivity index (χ2v) is 10.2. The van der Waals surface area contributed by atoms with E-state index >= 15 is 0 Å². The number of carbonyl (C=O) groups is 2. The zero-order valence-electron chi connectivity index (χ0n) is 22.0. The SMILES string of the molecule is CC(=O)N1CCC(n2cc(-c3cc4c(c(Nc5ccc(N6CCOCC6)cc5)n3)C(C=O)NC=C4)cn2)CC1. The summed E-state index contributed by atoms with van der Waals surface area (Å²) in [6, 6.07) is 10.0. The molecule has 0 bridgehead atoms. The average Bonchev–Trinajstić information content (AvgIpc) is 3.48. The fourth-order valence-corrected chi connectivity index (χ4v) is 5.54. The summed E-state index contributed by atoms with van der Waals surface area (Å²) >= 11 is 0. The molecule has 3 aliphatic heterocycles. The Labute approximate surface area is 227 Å². The first-order valence-electron chi connectivity index (χ1n) is 13.5. The smallest absolute Gasteiger partial charge is 0.219 e. The summed E-state index contributed by atoms with van der Waals surface area (Å²) in [5.74, 6) is 0.762. The topological polar surface area (TPSA) is 105 Å². The Morgan fingerprint density at radius 1 is 1.13 bits per heavy atom. The number of nitrogens with zero attached hydrogens (tertiary/aromatic N) is 5. The standard InChI is InChI=1S/C29H33N7O3/c1-20(38)34-10-7-25(8-11-34)36-18-22(17-31-36)26-16-21-6-9-30-27(19-37)28(21)29(33-26)32-23-2-4-24(5-3-23)35-12-14-39-15-13-35/h2-6,9,16-19,25,27,30H,7-8,10-15H2,1H3,(H,32,33). The van der Waals surface area contributed by atoms with Gasteiger partial charge in [-0.05, 0) is 61.0 Å². The number of nitrogens with one attached hydrogen (secondary N) is 2. The Morgan fingerprint density at radius 2 is 1.90 bits per heavy atom. The van der Waals surface area contributed by atoms with Crippen molar-refractivity contribution in [2.45, 2.75) is 31.8 Å². The van der Waals surface area contributed by atoms with Crippen molar-refractivity contribution < 1.29 is 14.3 Å². The lowest BCUT2D eigenvalue weighted by molar-refractivity contribution is -0.130. The Hall–Kier alpha value is -4.18. The first-order chi connectivity index (χ1) is 19.1. The van der Waals surface area contributed by atoms with Crippen LogP contribution in [0.3, 0.4) is 0 Å². The number of hydrogen-bond acceptors (Lipinski definition) is 8. The summed E-state index contributed by atoms with van der Waals surface area (Å²) in [5, 5.41) is 11.2. The second-order valence-electron chi connectivity index (χ2n) is 10.2. The van der Waals surface area contributed by atoms with E-state index in [1.807, 2.05) is 46.3 Å². The number of carbonyl (C=O) groups excluding carboxylic acids is 2. The van der Waals surface area contributed by atoms with Crippen LogP contribution < -0.4 is 15.5 Å². The molecule has 39 heavy (non-hydrogen) atoms. The van der Waals surface area contributed by atoms with Crippen molar-refractivity contribution in [1.82, 2.24) is 25.0 Å². The van der Waals surface area contributed by atoms with Crippen molar-refractivity contribution in [2.24, 2.45) is 0 Å². The van der Waals surface area contributed by atoms with Crippen molar-refractivity contribution in [2.75, 3.05) is 49.6 Å². The molecule has 2 saturated heterocycles. The van der Waals surface area contributed by atoms with Gasteiger partial charge < -0.3 is 30.0 Å². The van der Waals surface area contributed by atoms with Gasteiger partial charge in [-0.3, -0.25) is 9.48 Å². The minimum absolute atomic E-state index is 0.125. The zero-order chi connectivity index (χ0) is 26.8. The maximum atomic E-state index is 11.9. The largest absolute Gasteiger partial charge is 0.378 e. The third-order valence-corrected chi connectivity index (χ3v) is 7.76. The molecule has 2 fully saturated rings. The highest BCUT2D eigenvalue weighted by atomic mass is 16.5. The normalized spacial score (nSPS) is 19.4. The van der Waals surface area contributed by atoms with E-state index in [0.717, 1.165) is 92.3 Å². The maximum Gasteiger partial charge on any atom is 0.219 e. The van der Waals surface area contributed by atoms with Crippen LogP contribution in [0.25, 0.3) is 17.3 Å². The van der Waals surface area contributed by atoms with Gasteiger partial charge in [0.2, 0.25) is 5.91 Å². The zero-order valence-corrected chi connectivity index (χ0v) is 22.0. The van der Waals surface area contributed by atoms with Gasteiger partial charge in [-0.2, -0.15) is 5.10 Å². The number of ether oxygens (including phenoxy) is 1. The van der Waals surface area contributed by atoms with E-state index in [0.29, 0.717) is 5.82 Å². The predicted molar refractivity (Wildman–Crippen MR) is 150 cm³/mol. The molecule has 1 amide bonds. The summed E-state index contributed by atoms with van der Waals surface area (Å²) in [4.78, 5) is 32.8. The fourth-order valence-electron chi connectivity index (χ4n) is 5.54. The molecule has 1 aromatic carbocycles. The maximum absolute atomic E-state index is 11.9. The van der Waals surface area contributed by atoms with Crippen molar-refractivity contribution in [3.8, 4) is 11.3 Å². The number of likely N-dealkylation sites (tertiary alicyclic amines) is 1. The number of morpholine rings is 1. The van der Waals surface area contributed by atoms with Crippen molar-refractivity contribution in [3.05, 3.63) is 60.1 Å². The van der Waals surface area contributed by atoms with E-state index in [-0.39, 0.29) is 11.9 Å². The van der Waals surface area contributed by atoms with Crippen LogP contribution in [0.4, 0.5) is 17.2 Å². The second kappa shape index (κ2) is 10.9. The average molecular weight is 528 g/mol. The van der Waals surface area contributed by atoms with Crippen LogP contribution in [0.2, 0.25) is 0 Å². The molecule has 6 rings (SSSR count). The molecular formula is C29H33N7O3. The predicted octanol–water partition coefficient (Wildman–Crippen LogP) is 3.52. The molecule has 5 heterocycles. The number of aldehydes is 1. The van der Waals surface area contributed by atoms with Crippen molar-refractivity contribution in [1.29, 1.82) is 0 Å². The highest BCUT2D eigenvalue weighted by Gasteiger charge is 2.25. The van der Waals surface area contributed by atoms with Crippen LogP contribution in [-0.2, 0) is 14.3 Å². The number of anilines is 3. The van der Waals surface area contributed by atoms with E-state index in [4.69, 9.17) is 9.72 Å². The van der Waals surface area contributed by atoms with Crippen LogP contribution >= 0.6 is 0 Å². The molecule has 10 nitrogen and oxygen atoms in total. The number of hydrogen-bond donors (Lipinski definition) is 2. The number of amides is 1. The molecule has 3 aromatic rings. The van der Waals surface area contributed by atoms with Gasteiger partial charge in [-0.1, -0.05) is 0 Å². The number of pyridine rings is 1. The molecule has 0 radical (unpaired) electrons. The van der Waals surface area contributed by atoms with Gasteiger partial charge in [-0.25, -0.2) is 4.98 Å². The lowest BCUT2D eigenvalue weighted by Gasteiger charge is -2.31.